The second-order valence-corrected chi connectivity index (χ2v) is 7.34. The van der Waals surface area contributed by atoms with Crippen molar-refractivity contribution in [1.82, 2.24) is 14.8 Å². The van der Waals surface area contributed by atoms with Crippen molar-refractivity contribution in [3.63, 3.8) is 0 Å². The molecule has 1 aromatic rings. The first-order valence-electron chi connectivity index (χ1n) is 9.88. The maximum absolute atomic E-state index is 12.5. The fraction of sp³-hybridized carbons (Fsp3) is 0.632. The second kappa shape index (κ2) is 8.12. The summed E-state index contributed by atoms with van der Waals surface area (Å²) in [5, 5.41) is 2.91. The summed E-state index contributed by atoms with van der Waals surface area (Å²) < 4.78 is 5.47. The third-order valence-electron chi connectivity index (χ3n) is 5.51. The zero-order chi connectivity index (χ0) is 18.6. The molecule has 0 spiro atoms. The number of amides is 3. The molecular weight excluding hydrogens is 346 g/mol. The van der Waals surface area contributed by atoms with Gasteiger partial charge in [-0.3, -0.25) is 4.79 Å². The van der Waals surface area contributed by atoms with Crippen LogP contribution in [0.3, 0.4) is 0 Å². The fourth-order valence-electron chi connectivity index (χ4n) is 3.90. The molecule has 3 aliphatic heterocycles. The van der Waals surface area contributed by atoms with Gasteiger partial charge in [0.25, 0.3) is 5.91 Å². The summed E-state index contributed by atoms with van der Waals surface area (Å²) in [4.78, 5) is 35.1. The van der Waals surface area contributed by atoms with Gasteiger partial charge in [0.05, 0.1) is 11.9 Å². The van der Waals surface area contributed by atoms with Gasteiger partial charge in [0.2, 0.25) is 0 Å². The van der Waals surface area contributed by atoms with E-state index in [-0.39, 0.29) is 18.0 Å². The minimum Gasteiger partial charge on any atom is -0.368 e. The molecule has 3 aliphatic rings. The first kappa shape index (κ1) is 18.0. The van der Waals surface area contributed by atoms with Gasteiger partial charge in [-0.05, 0) is 37.8 Å². The van der Waals surface area contributed by atoms with E-state index in [2.05, 4.69) is 15.2 Å². The van der Waals surface area contributed by atoms with E-state index < -0.39 is 0 Å². The number of urea groups is 1. The Morgan fingerprint density at radius 3 is 2.37 bits per heavy atom. The summed E-state index contributed by atoms with van der Waals surface area (Å²) in [5.41, 5.74) is 0.695. The van der Waals surface area contributed by atoms with Gasteiger partial charge in [-0.1, -0.05) is 0 Å². The summed E-state index contributed by atoms with van der Waals surface area (Å²) in [6, 6.07) is 3.71. The van der Waals surface area contributed by atoms with Crippen LogP contribution in [0.1, 0.15) is 25.7 Å². The molecule has 0 bridgehead atoms. The Bertz CT molecular complexity index is 660. The van der Waals surface area contributed by atoms with Crippen LogP contribution >= 0.6 is 0 Å². The molecule has 8 nitrogen and oxygen atoms in total. The maximum atomic E-state index is 12.5. The van der Waals surface area contributed by atoms with Crippen LogP contribution in [0.2, 0.25) is 0 Å². The molecule has 3 saturated heterocycles. The van der Waals surface area contributed by atoms with Crippen molar-refractivity contribution in [3.05, 3.63) is 18.3 Å². The van der Waals surface area contributed by atoms with Gasteiger partial charge in [-0.25, -0.2) is 9.78 Å². The Kier molecular flexibility index (Phi) is 5.42. The van der Waals surface area contributed by atoms with Crippen LogP contribution < -0.4 is 10.2 Å². The van der Waals surface area contributed by atoms with Crippen molar-refractivity contribution in [2.45, 2.75) is 31.8 Å². The van der Waals surface area contributed by atoms with Crippen molar-refractivity contribution < 1.29 is 14.3 Å². The Hall–Kier alpha value is -2.35. The van der Waals surface area contributed by atoms with E-state index in [0.29, 0.717) is 38.5 Å². The number of nitrogens with zero attached hydrogens (tertiary/aromatic N) is 4. The summed E-state index contributed by atoms with van der Waals surface area (Å²) in [6.07, 6.45) is 5.60. The van der Waals surface area contributed by atoms with Gasteiger partial charge in [0.15, 0.2) is 0 Å². The molecule has 27 heavy (non-hydrogen) atoms. The van der Waals surface area contributed by atoms with Crippen LogP contribution in [0.15, 0.2) is 18.3 Å². The van der Waals surface area contributed by atoms with Crippen LogP contribution in [0.25, 0.3) is 0 Å². The first-order chi connectivity index (χ1) is 13.2. The van der Waals surface area contributed by atoms with Gasteiger partial charge in [-0.15, -0.1) is 0 Å². The van der Waals surface area contributed by atoms with E-state index in [1.807, 2.05) is 17.0 Å². The zero-order valence-corrected chi connectivity index (χ0v) is 15.6. The Morgan fingerprint density at radius 1 is 1.00 bits per heavy atom. The minimum absolute atomic E-state index is 0.0641. The van der Waals surface area contributed by atoms with Crippen LogP contribution in [0.5, 0.6) is 0 Å². The molecule has 0 radical (unpaired) electrons. The molecule has 8 heteroatoms. The van der Waals surface area contributed by atoms with E-state index in [1.54, 1.807) is 11.1 Å². The number of hydrogen-bond acceptors (Lipinski definition) is 5. The number of carbonyl (C=O) groups is 2. The number of carbonyl (C=O) groups excluding carboxylic acids is 2. The lowest BCUT2D eigenvalue weighted by molar-refractivity contribution is -0.142. The normalized spacial score (nSPS) is 23.0. The van der Waals surface area contributed by atoms with Gasteiger partial charge in [0.1, 0.15) is 11.9 Å². The molecule has 3 amide bonds. The number of ether oxygens (including phenoxy) is 1. The first-order valence-corrected chi connectivity index (χ1v) is 9.88. The van der Waals surface area contributed by atoms with E-state index in [9.17, 15) is 9.59 Å². The molecule has 146 valence electrons. The number of nitrogens with one attached hydrogen (secondary N) is 1. The summed E-state index contributed by atoms with van der Waals surface area (Å²) in [6.45, 7) is 4.94. The average molecular weight is 373 g/mol. The van der Waals surface area contributed by atoms with Crippen LogP contribution in [0.4, 0.5) is 16.3 Å². The SMILES string of the molecule is O=C(Nc1ccc(N2CCCC2)nc1)N1CCN(C(=O)[C@@H]2CCCO2)CC1. The number of anilines is 2. The number of rotatable bonds is 3. The standard InChI is InChI=1S/C19H27N5O3/c25-18(16-4-3-13-27-16)23-9-11-24(12-10-23)19(26)21-15-5-6-17(20-14-15)22-7-1-2-8-22/h5-6,14,16H,1-4,7-13H2,(H,21,26)/t16-/m0/s1. The minimum atomic E-state index is -0.287. The fourth-order valence-corrected chi connectivity index (χ4v) is 3.90. The van der Waals surface area contributed by atoms with Crippen LogP contribution in [-0.4, -0.2) is 78.7 Å². The second-order valence-electron chi connectivity index (χ2n) is 7.34. The molecule has 0 saturated carbocycles. The van der Waals surface area contributed by atoms with Crippen molar-refractivity contribution in [1.29, 1.82) is 0 Å². The largest absolute Gasteiger partial charge is 0.368 e. The van der Waals surface area contributed by atoms with E-state index in [0.717, 1.165) is 31.7 Å². The quantitative estimate of drug-likeness (QED) is 0.870. The van der Waals surface area contributed by atoms with E-state index >= 15 is 0 Å². The molecule has 0 aliphatic carbocycles. The lowest BCUT2D eigenvalue weighted by atomic mass is 10.2. The monoisotopic (exact) mass is 373 g/mol. The number of hydrogen-bond donors (Lipinski definition) is 1. The highest BCUT2D eigenvalue weighted by Gasteiger charge is 2.31. The zero-order valence-electron chi connectivity index (χ0n) is 15.6. The molecule has 0 aromatic carbocycles. The predicted octanol–water partition coefficient (Wildman–Crippen LogP) is 1.54. The molecule has 3 fully saturated rings. The molecule has 4 heterocycles. The molecule has 4 rings (SSSR count). The highest BCUT2D eigenvalue weighted by Crippen LogP contribution is 2.20. The summed E-state index contributed by atoms with van der Waals surface area (Å²) in [7, 11) is 0. The van der Waals surface area contributed by atoms with Crippen molar-refractivity contribution in [2.24, 2.45) is 0 Å². The van der Waals surface area contributed by atoms with Crippen LogP contribution in [0, 0.1) is 0 Å². The van der Waals surface area contributed by atoms with Crippen molar-refractivity contribution in [3.8, 4) is 0 Å². The lowest BCUT2D eigenvalue weighted by Crippen LogP contribution is -2.53. The molecule has 1 atom stereocenters. The number of piperazine rings is 1. The number of aromatic nitrogens is 1. The highest BCUT2D eigenvalue weighted by molar-refractivity contribution is 5.89. The van der Waals surface area contributed by atoms with Gasteiger partial charge >= 0.3 is 6.03 Å². The summed E-state index contributed by atoms with van der Waals surface area (Å²) >= 11 is 0. The third-order valence-corrected chi connectivity index (χ3v) is 5.51. The van der Waals surface area contributed by atoms with E-state index in [4.69, 9.17) is 4.74 Å². The Labute approximate surface area is 159 Å². The topological polar surface area (TPSA) is 78.0 Å². The smallest absolute Gasteiger partial charge is 0.322 e. The predicted molar refractivity (Wildman–Crippen MR) is 102 cm³/mol. The van der Waals surface area contributed by atoms with Crippen molar-refractivity contribution in [2.75, 3.05) is 56.1 Å². The Balaban J connectivity index is 1.26. The van der Waals surface area contributed by atoms with Crippen molar-refractivity contribution >= 4 is 23.4 Å². The van der Waals surface area contributed by atoms with Gasteiger partial charge in [0, 0.05) is 45.9 Å². The molecule has 1 aromatic heterocycles. The van der Waals surface area contributed by atoms with E-state index in [1.165, 1.54) is 12.8 Å². The van der Waals surface area contributed by atoms with Gasteiger partial charge in [-0.2, -0.15) is 0 Å². The maximum Gasteiger partial charge on any atom is 0.322 e. The lowest BCUT2D eigenvalue weighted by Gasteiger charge is -2.35. The summed E-state index contributed by atoms with van der Waals surface area (Å²) in [5.74, 6) is 1.03. The third kappa shape index (κ3) is 4.16. The average Bonchev–Trinajstić information content (AvgIpc) is 3.42. The Morgan fingerprint density at radius 2 is 1.74 bits per heavy atom. The van der Waals surface area contributed by atoms with Gasteiger partial charge < -0.3 is 24.8 Å². The molecule has 0 unspecified atom stereocenters. The molecule has 1 N–H and O–H groups in total. The highest BCUT2D eigenvalue weighted by atomic mass is 16.5. The van der Waals surface area contributed by atoms with Crippen LogP contribution in [-0.2, 0) is 9.53 Å². The number of pyridine rings is 1. The molecular formula is C19H27N5O3.